The monoisotopic (exact) mass is 527 g/mol. The number of carbonyl (C=O) groups is 1. The zero-order valence-corrected chi connectivity index (χ0v) is 19.9. The van der Waals surface area contributed by atoms with E-state index in [0.717, 1.165) is 12.8 Å². The minimum absolute atomic E-state index is 0.0243. The van der Waals surface area contributed by atoms with Crippen molar-refractivity contribution in [2.24, 2.45) is 0 Å². The molecular formula is C23H27ClINO3. The highest BCUT2D eigenvalue weighted by atomic mass is 127. The summed E-state index contributed by atoms with van der Waals surface area (Å²) in [4.78, 5) is 14.8. The van der Waals surface area contributed by atoms with E-state index >= 15 is 0 Å². The summed E-state index contributed by atoms with van der Waals surface area (Å²) in [5, 5.41) is 11.6. The molecule has 29 heavy (non-hydrogen) atoms. The molecule has 1 fully saturated rings. The molecule has 2 aromatic carbocycles. The Labute approximate surface area is 191 Å². The van der Waals surface area contributed by atoms with Crippen LogP contribution in [0.4, 0.5) is 4.79 Å². The quantitative estimate of drug-likeness (QED) is 0.497. The Balaban J connectivity index is 1.86. The molecule has 0 bridgehead atoms. The Morgan fingerprint density at radius 3 is 2.55 bits per heavy atom. The van der Waals surface area contributed by atoms with Crippen molar-refractivity contribution in [2.45, 2.75) is 63.8 Å². The number of likely N-dealkylation sites (tertiary alicyclic amines) is 1. The van der Waals surface area contributed by atoms with Crippen LogP contribution < -0.4 is 0 Å². The maximum Gasteiger partial charge on any atom is 0.410 e. The molecule has 0 spiro atoms. The van der Waals surface area contributed by atoms with E-state index in [0.29, 0.717) is 17.0 Å². The van der Waals surface area contributed by atoms with Crippen LogP contribution in [0.5, 0.6) is 0 Å². The minimum atomic E-state index is -0.817. The molecule has 3 rings (SSSR count). The molecule has 1 amide bonds. The van der Waals surface area contributed by atoms with Gasteiger partial charge >= 0.3 is 6.09 Å². The van der Waals surface area contributed by atoms with Crippen LogP contribution in [0.2, 0.25) is 5.02 Å². The number of ether oxygens (including phenoxy) is 1. The van der Waals surface area contributed by atoms with E-state index in [2.05, 4.69) is 46.9 Å². The van der Waals surface area contributed by atoms with Gasteiger partial charge < -0.3 is 9.84 Å². The molecule has 0 aliphatic carbocycles. The summed E-state index contributed by atoms with van der Waals surface area (Å²) in [7, 11) is 0. The predicted octanol–water partition coefficient (Wildman–Crippen LogP) is 5.99. The van der Waals surface area contributed by atoms with Crippen LogP contribution in [0.1, 0.15) is 50.8 Å². The van der Waals surface area contributed by atoms with Crippen molar-refractivity contribution in [2.75, 3.05) is 0 Å². The summed E-state index contributed by atoms with van der Waals surface area (Å²) in [6, 6.07) is 15.1. The van der Waals surface area contributed by atoms with Gasteiger partial charge in [0.1, 0.15) is 5.60 Å². The molecule has 156 valence electrons. The number of rotatable bonds is 4. The van der Waals surface area contributed by atoms with Crippen LogP contribution in [0.15, 0.2) is 48.5 Å². The number of hydrogen-bond donors (Lipinski definition) is 1. The van der Waals surface area contributed by atoms with Crippen LogP contribution in [0, 0.1) is 3.57 Å². The lowest BCUT2D eigenvalue weighted by atomic mass is 10.0. The van der Waals surface area contributed by atoms with Gasteiger partial charge in [-0.3, -0.25) is 4.90 Å². The molecule has 1 N–H and O–H groups in total. The second kappa shape index (κ2) is 9.23. The molecular weight excluding hydrogens is 501 g/mol. The molecule has 1 aliphatic rings. The molecule has 0 aromatic heterocycles. The largest absolute Gasteiger partial charge is 0.444 e. The van der Waals surface area contributed by atoms with Gasteiger partial charge in [0.2, 0.25) is 0 Å². The highest BCUT2D eigenvalue weighted by molar-refractivity contribution is 14.1. The van der Waals surface area contributed by atoms with E-state index in [4.69, 9.17) is 16.3 Å². The standard InChI is InChI=1S/C23H27ClINO3/c1-23(2,3)29-22(28)26-19(13-15-7-9-18(25)10-8-15)11-12-20(26)21(27)16-5-4-6-17(24)14-16/h4-10,14,19-21,27H,11-13H2,1-3H3/t19?,20?,21-/m1/s1. The summed E-state index contributed by atoms with van der Waals surface area (Å²) in [6.07, 6.45) is 1.06. The van der Waals surface area contributed by atoms with Gasteiger partial charge in [0.25, 0.3) is 0 Å². The number of halogens is 2. The summed E-state index contributed by atoms with van der Waals surface area (Å²) >= 11 is 8.40. The number of aliphatic hydroxyl groups is 1. The second-order valence-electron chi connectivity index (χ2n) is 8.52. The zero-order chi connectivity index (χ0) is 21.2. The number of hydrogen-bond acceptors (Lipinski definition) is 3. The maximum absolute atomic E-state index is 13.1. The maximum atomic E-state index is 13.1. The Morgan fingerprint density at radius 2 is 1.93 bits per heavy atom. The lowest BCUT2D eigenvalue weighted by Gasteiger charge is -2.35. The zero-order valence-electron chi connectivity index (χ0n) is 16.9. The molecule has 6 heteroatoms. The third kappa shape index (κ3) is 5.86. The lowest BCUT2D eigenvalue weighted by molar-refractivity contribution is -0.00452. The number of aliphatic hydroxyl groups excluding tert-OH is 1. The van der Waals surface area contributed by atoms with Crippen LogP contribution >= 0.6 is 34.2 Å². The van der Waals surface area contributed by atoms with Crippen LogP contribution in [0.3, 0.4) is 0 Å². The summed E-state index contributed by atoms with van der Waals surface area (Å²) < 4.78 is 6.87. The van der Waals surface area contributed by atoms with E-state index in [-0.39, 0.29) is 18.2 Å². The first kappa shape index (κ1) is 22.4. The number of amides is 1. The molecule has 2 unspecified atom stereocenters. The highest BCUT2D eigenvalue weighted by Crippen LogP contribution is 2.36. The van der Waals surface area contributed by atoms with E-state index in [1.807, 2.05) is 32.9 Å². The fourth-order valence-corrected chi connectivity index (χ4v) is 4.39. The fraction of sp³-hybridized carbons (Fsp3) is 0.435. The van der Waals surface area contributed by atoms with E-state index in [1.54, 1.807) is 17.0 Å². The number of carbonyl (C=O) groups excluding carboxylic acids is 1. The first-order chi connectivity index (χ1) is 13.6. The molecule has 0 saturated carbocycles. The van der Waals surface area contributed by atoms with Crippen molar-refractivity contribution < 1.29 is 14.6 Å². The van der Waals surface area contributed by atoms with Gasteiger partial charge in [0.15, 0.2) is 0 Å². The van der Waals surface area contributed by atoms with Gasteiger partial charge in [-0.1, -0.05) is 35.9 Å². The number of benzene rings is 2. The first-order valence-electron chi connectivity index (χ1n) is 9.83. The molecule has 3 atom stereocenters. The van der Waals surface area contributed by atoms with Crippen molar-refractivity contribution in [3.05, 3.63) is 68.3 Å². The van der Waals surface area contributed by atoms with Crippen molar-refractivity contribution in [3.63, 3.8) is 0 Å². The molecule has 1 aliphatic heterocycles. The first-order valence-corrected chi connectivity index (χ1v) is 11.3. The Hall–Kier alpha value is -1.31. The van der Waals surface area contributed by atoms with Crippen molar-refractivity contribution in [3.8, 4) is 0 Å². The number of nitrogens with zero attached hydrogens (tertiary/aromatic N) is 1. The van der Waals surface area contributed by atoms with Gasteiger partial charge in [0, 0.05) is 14.6 Å². The molecule has 4 nitrogen and oxygen atoms in total. The average Bonchev–Trinajstić information content (AvgIpc) is 3.05. The summed E-state index contributed by atoms with van der Waals surface area (Å²) in [5.41, 5.74) is 1.28. The Kier molecular flexibility index (Phi) is 7.12. The normalized spacial score (nSPS) is 20.6. The SMILES string of the molecule is CC(C)(C)OC(=O)N1C(Cc2ccc(I)cc2)CCC1[C@H](O)c1cccc(Cl)c1. The van der Waals surface area contributed by atoms with Gasteiger partial charge in [-0.15, -0.1) is 0 Å². The summed E-state index contributed by atoms with van der Waals surface area (Å²) in [6.45, 7) is 5.58. The third-order valence-corrected chi connectivity index (χ3v) is 6.04. The molecule has 1 saturated heterocycles. The van der Waals surface area contributed by atoms with Gasteiger partial charge in [-0.05, 0) is 98.0 Å². The Morgan fingerprint density at radius 1 is 1.24 bits per heavy atom. The van der Waals surface area contributed by atoms with Crippen LogP contribution in [0.25, 0.3) is 0 Å². The lowest BCUT2D eigenvalue weighted by Crippen LogP contribution is -2.47. The Bertz CT molecular complexity index is 850. The van der Waals surface area contributed by atoms with Crippen LogP contribution in [-0.4, -0.2) is 33.8 Å². The van der Waals surface area contributed by atoms with Crippen molar-refractivity contribution in [1.82, 2.24) is 4.90 Å². The second-order valence-corrected chi connectivity index (χ2v) is 10.2. The van der Waals surface area contributed by atoms with Gasteiger partial charge in [-0.25, -0.2) is 4.79 Å². The van der Waals surface area contributed by atoms with Crippen molar-refractivity contribution in [1.29, 1.82) is 0 Å². The molecule has 2 aromatic rings. The summed E-state index contributed by atoms with van der Waals surface area (Å²) in [5.74, 6) is 0. The predicted molar refractivity (Wildman–Crippen MR) is 124 cm³/mol. The minimum Gasteiger partial charge on any atom is -0.444 e. The van der Waals surface area contributed by atoms with Gasteiger partial charge in [-0.2, -0.15) is 0 Å². The van der Waals surface area contributed by atoms with Crippen molar-refractivity contribution >= 4 is 40.3 Å². The fourth-order valence-electron chi connectivity index (χ4n) is 3.83. The molecule has 0 radical (unpaired) electrons. The average molecular weight is 528 g/mol. The van der Waals surface area contributed by atoms with E-state index in [9.17, 15) is 9.90 Å². The van der Waals surface area contributed by atoms with Crippen LogP contribution in [-0.2, 0) is 11.2 Å². The smallest absolute Gasteiger partial charge is 0.410 e. The topological polar surface area (TPSA) is 49.8 Å². The third-order valence-electron chi connectivity index (χ3n) is 5.09. The molecule has 1 heterocycles. The van der Waals surface area contributed by atoms with Gasteiger partial charge in [0.05, 0.1) is 12.1 Å². The van der Waals surface area contributed by atoms with E-state index < -0.39 is 11.7 Å². The highest BCUT2D eigenvalue weighted by Gasteiger charge is 2.42. The van der Waals surface area contributed by atoms with E-state index in [1.165, 1.54) is 9.13 Å².